The van der Waals surface area contributed by atoms with Crippen LogP contribution in [0.5, 0.6) is 5.75 Å². The molecule has 0 aromatic heterocycles. The Labute approximate surface area is 131 Å². The highest BCUT2D eigenvalue weighted by Gasteiger charge is 2.40. The molecule has 1 aliphatic heterocycles. The number of phenols is 1. The molecule has 1 saturated carbocycles. The zero-order valence-electron chi connectivity index (χ0n) is 13.4. The molecule has 1 atom stereocenters. The number of nitrogens with zero attached hydrogens (tertiary/aromatic N) is 2. The number of rotatable bonds is 2. The van der Waals surface area contributed by atoms with Crippen molar-refractivity contribution in [3.05, 3.63) is 24.3 Å². The molecule has 0 spiro atoms. The van der Waals surface area contributed by atoms with Crippen LogP contribution in [-0.2, 0) is 0 Å². The van der Waals surface area contributed by atoms with Gasteiger partial charge in [-0.15, -0.1) is 0 Å². The summed E-state index contributed by atoms with van der Waals surface area (Å²) in [5.74, 6) is 0.302. The molecule has 5 nitrogen and oxygen atoms in total. The lowest BCUT2D eigenvalue weighted by atomic mass is 9.67. The summed E-state index contributed by atoms with van der Waals surface area (Å²) in [5, 5.41) is 13.1. The lowest BCUT2D eigenvalue weighted by Crippen LogP contribution is -2.58. The number of hydrogen-bond donors (Lipinski definition) is 2. The number of benzene rings is 1. The molecule has 22 heavy (non-hydrogen) atoms. The summed E-state index contributed by atoms with van der Waals surface area (Å²) < 4.78 is 0. The van der Waals surface area contributed by atoms with Crippen molar-refractivity contribution in [2.75, 3.05) is 31.1 Å². The Kier molecular flexibility index (Phi) is 3.89. The van der Waals surface area contributed by atoms with Crippen molar-refractivity contribution in [2.24, 2.45) is 5.41 Å². The minimum absolute atomic E-state index is 0.0507. The summed E-state index contributed by atoms with van der Waals surface area (Å²) in [4.78, 5) is 16.4. The number of amides is 2. The van der Waals surface area contributed by atoms with Gasteiger partial charge in [0.1, 0.15) is 5.75 Å². The Morgan fingerprint density at radius 2 is 1.91 bits per heavy atom. The van der Waals surface area contributed by atoms with Crippen molar-refractivity contribution in [3.63, 3.8) is 0 Å². The SMILES string of the molecule is CC1(C)CCC1NC(=O)N1CCN(c2ccccc2O)CC1. The first-order chi connectivity index (χ1) is 10.5. The van der Waals surface area contributed by atoms with Gasteiger partial charge in [-0.1, -0.05) is 26.0 Å². The van der Waals surface area contributed by atoms with Crippen LogP contribution in [0.15, 0.2) is 24.3 Å². The van der Waals surface area contributed by atoms with Crippen LogP contribution in [0.25, 0.3) is 0 Å². The van der Waals surface area contributed by atoms with E-state index in [9.17, 15) is 9.90 Å². The molecule has 0 bridgehead atoms. The van der Waals surface area contributed by atoms with Crippen molar-refractivity contribution in [1.82, 2.24) is 10.2 Å². The van der Waals surface area contributed by atoms with Crippen LogP contribution in [0, 0.1) is 5.41 Å². The van der Waals surface area contributed by atoms with E-state index >= 15 is 0 Å². The normalized spacial score (nSPS) is 23.8. The summed E-state index contributed by atoms with van der Waals surface area (Å²) in [7, 11) is 0. The van der Waals surface area contributed by atoms with Crippen LogP contribution < -0.4 is 10.2 Å². The van der Waals surface area contributed by atoms with Gasteiger partial charge in [0.05, 0.1) is 5.69 Å². The van der Waals surface area contributed by atoms with Gasteiger partial charge in [0.2, 0.25) is 0 Å². The van der Waals surface area contributed by atoms with Gasteiger partial charge in [-0.05, 0) is 30.4 Å². The fourth-order valence-electron chi connectivity index (χ4n) is 3.26. The van der Waals surface area contributed by atoms with Gasteiger partial charge < -0.3 is 20.2 Å². The number of anilines is 1. The predicted molar refractivity (Wildman–Crippen MR) is 87.2 cm³/mol. The van der Waals surface area contributed by atoms with Gasteiger partial charge in [0.25, 0.3) is 0 Å². The molecule has 1 heterocycles. The molecule has 2 aliphatic rings. The molecule has 0 radical (unpaired) electrons. The molecule has 1 aliphatic carbocycles. The molecule has 2 amide bonds. The number of urea groups is 1. The maximum Gasteiger partial charge on any atom is 0.317 e. The van der Waals surface area contributed by atoms with E-state index in [2.05, 4.69) is 24.1 Å². The number of carbonyl (C=O) groups excluding carboxylic acids is 1. The molecule has 2 fully saturated rings. The predicted octanol–water partition coefficient (Wildman–Crippen LogP) is 2.41. The van der Waals surface area contributed by atoms with E-state index < -0.39 is 0 Å². The largest absolute Gasteiger partial charge is 0.506 e. The average molecular weight is 303 g/mol. The van der Waals surface area contributed by atoms with E-state index in [1.54, 1.807) is 6.07 Å². The fraction of sp³-hybridized carbons (Fsp3) is 0.588. The molecule has 120 valence electrons. The maximum absolute atomic E-state index is 12.3. The van der Waals surface area contributed by atoms with Crippen LogP contribution in [0.3, 0.4) is 0 Å². The molecule has 1 unspecified atom stereocenters. The minimum atomic E-state index is 0.0507. The smallest absolute Gasteiger partial charge is 0.317 e. The van der Waals surface area contributed by atoms with Crippen molar-refractivity contribution < 1.29 is 9.90 Å². The van der Waals surface area contributed by atoms with Gasteiger partial charge in [-0.2, -0.15) is 0 Å². The number of piperazine rings is 1. The summed E-state index contributed by atoms with van der Waals surface area (Å²) >= 11 is 0. The minimum Gasteiger partial charge on any atom is -0.506 e. The first kappa shape index (κ1) is 15.0. The Morgan fingerprint density at radius 3 is 2.45 bits per heavy atom. The highest BCUT2D eigenvalue weighted by atomic mass is 16.3. The number of hydrogen-bond acceptors (Lipinski definition) is 3. The zero-order valence-corrected chi connectivity index (χ0v) is 13.4. The van der Waals surface area contributed by atoms with E-state index in [-0.39, 0.29) is 11.4 Å². The summed E-state index contributed by atoms with van der Waals surface area (Å²) in [6.45, 7) is 7.29. The van der Waals surface area contributed by atoms with Crippen LogP contribution in [0.2, 0.25) is 0 Å². The van der Waals surface area contributed by atoms with Crippen molar-refractivity contribution in [2.45, 2.75) is 32.7 Å². The third-order valence-corrected chi connectivity index (χ3v) is 5.11. The van der Waals surface area contributed by atoms with Gasteiger partial charge in [0, 0.05) is 32.2 Å². The standard InChI is InChI=1S/C17H25N3O2/c1-17(2)8-7-15(17)18-16(22)20-11-9-19(10-12-20)13-5-3-4-6-14(13)21/h3-6,15,21H,7-12H2,1-2H3,(H,18,22). The monoisotopic (exact) mass is 303 g/mol. The van der Waals surface area contributed by atoms with Gasteiger partial charge in [-0.25, -0.2) is 4.79 Å². The second-order valence-corrected chi connectivity index (χ2v) is 6.99. The topological polar surface area (TPSA) is 55.8 Å². The lowest BCUT2D eigenvalue weighted by molar-refractivity contribution is 0.104. The van der Waals surface area contributed by atoms with Crippen molar-refractivity contribution in [1.29, 1.82) is 0 Å². The number of carbonyl (C=O) groups is 1. The molecule has 3 rings (SSSR count). The van der Waals surface area contributed by atoms with E-state index in [1.807, 2.05) is 23.1 Å². The van der Waals surface area contributed by atoms with Crippen LogP contribution in [0.4, 0.5) is 10.5 Å². The molecule has 1 saturated heterocycles. The highest BCUT2D eigenvalue weighted by Crippen LogP contribution is 2.40. The third kappa shape index (κ3) is 2.85. The summed E-state index contributed by atoms with van der Waals surface area (Å²) in [6.07, 6.45) is 2.26. The molecule has 1 aromatic rings. The first-order valence-corrected chi connectivity index (χ1v) is 8.06. The molecular formula is C17H25N3O2. The first-order valence-electron chi connectivity index (χ1n) is 8.06. The number of nitrogens with one attached hydrogen (secondary N) is 1. The Hall–Kier alpha value is -1.91. The molecule has 5 heteroatoms. The van der Waals surface area contributed by atoms with Gasteiger partial charge in [-0.3, -0.25) is 0 Å². The number of aromatic hydroxyl groups is 1. The van der Waals surface area contributed by atoms with E-state index in [0.717, 1.165) is 25.2 Å². The maximum atomic E-state index is 12.3. The van der Waals surface area contributed by atoms with Gasteiger partial charge in [0.15, 0.2) is 0 Å². The van der Waals surface area contributed by atoms with Crippen LogP contribution in [0.1, 0.15) is 26.7 Å². The quantitative estimate of drug-likeness (QED) is 0.882. The second kappa shape index (κ2) is 5.71. The van der Waals surface area contributed by atoms with Gasteiger partial charge >= 0.3 is 6.03 Å². The van der Waals surface area contributed by atoms with Crippen LogP contribution >= 0.6 is 0 Å². The van der Waals surface area contributed by atoms with E-state index in [4.69, 9.17) is 0 Å². The van der Waals surface area contributed by atoms with E-state index in [1.165, 1.54) is 6.42 Å². The summed E-state index contributed by atoms with van der Waals surface area (Å²) in [5.41, 5.74) is 1.08. The summed E-state index contributed by atoms with van der Waals surface area (Å²) in [6, 6.07) is 7.72. The second-order valence-electron chi connectivity index (χ2n) is 6.99. The third-order valence-electron chi connectivity index (χ3n) is 5.11. The fourth-order valence-corrected chi connectivity index (χ4v) is 3.26. The van der Waals surface area contributed by atoms with Crippen LogP contribution in [-0.4, -0.2) is 48.3 Å². The number of phenolic OH excluding ortho intramolecular Hbond substituents is 1. The molecule has 1 aromatic carbocycles. The zero-order chi connectivity index (χ0) is 15.7. The highest BCUT2D eigenvalue weighted by molar-refractivity contribution is 5.75. The Bertz CT molecular complexity index is 551. The molecule has 2 N–H and O–H groups in total. The Morgan fingerprint density at radius 1 is 1.23 bits per heavy atom. The van der Waals surface area contributed by atoms with Crippen molar-refractivity contribution in [3.8, 4) is 5.75 Å². The van der Waals surface area contributed by atoms with E-state index in [0.29, 0.717) is 24.9 Å². The number of para-hydroxylation sites is 2. The molecular weight excluding hydrogens is 278 g/mol. The Balaban J connectivity index is 1.53. The lowest BCUT2D eigenvalue weighted by Gasteiger charge is -2.46. The average Bonchev–Trinajstić information content (AvgIpc) is 2.52. The van der Waals surface area contributed by atoms with Crippen molar-refractivity contribution >= 4 is 11.7 Å².